The Hall–Kier alpha value is -2.04. The van der Waals surface area contributed by atoms with Crippen LogP contribution in [0.25, 0.3) is 0 Å². The molecule has 0 aliphatic rings. The van der Waals surface area contributed by atoms with Gasteiger partial charge in [0.05, 0.1) is 30.5 Å². The minimum atomic E-state index is -0.558. The van der Waals surface area contributed by atoms with Crippen LogP contribution in [-0.2, 0) is 16.1 Å². The van der Waals surface area contributed by atoms with E-state index in [1.807, 2.05) is 25.1 Å². The van der Waals surface area contributed by atoms with Gasteiger partial charge in [0, 0.05) is 0 Å². The van der Waals surface area contributed by atoms with Crippen LogP contribution in [0.15, 0.2) is 42.5 Å². The molecule has 5 heteroatoms. The molecule has 1 atom stereocenters. The van der Waals surface area contributed by atoms with Gasteiger partial charge in [0.1, 0.15) is 0 Å². The first-order chi connectivity index (χ1) is 11.0. The van der Waals surface area contributed by atoms with Crippen LogP contribution in [0.4, 0.5) is 10.5 Å². The van der Waals surface area contributed by atoms with Crippen LogP contribution in [0, 0.1) is 6.92 Å². The van der Waals surface area contributed by atoms with E-state index in [-0.39, 0.29) is 6.10 Å². The molecule has 0 radical (unpaired) electrons. The third-order valence-corrected chi connectivity index (χ3v) is 3.79. The normalized spacial score (nSPS) is 11.8. The third-order valence-electron chi connectivity index (χ3n) is 3.46. The summed E-state index contributed by atoms with van der Waals surface area (Å²) in [4.78, 5) is 11.3. The van der Waals surface area contributed by atoms with E-state index >= 15 is 0 Å². The first-order valence-corrected chi connectivity index (χ1v) is 7.69. The van der Waals surface area contributed by atoms with Crippen LogP contribution in [-0.4, -0.2) is 13.2 Å². The highest BCUT2D eigenvalue weighted by molar-refractivity contribution is 6.33. The molecule has 23 heavy (non-hydrogen) atoms. The lowest BCUT2D eigenvalue weighted by Crippen LogP contribution is -2.12. The van der Waals surface area contributed by atoms with Crippen LogP contribution in [0.2, 0.25) is 5.02 Å². The molecule has 0 aromatic heterocycles. The number of nitrogens with one attached hydrogen (secondary N) is 1. The van der Waals surface area contributed by atoms with E-state index in [4.69, 9.17) is 16.3 Å². The molecular formula is C18H20ClNO3. The number of hydrogen-bond donors (Lipinski definition) is 1. The van der Waals surface area contributed by atoms with E-state index in [1.165, 1.54) is 12.7 Å². The largest absolute Gasteiger partial charge is 0.453 e. The average Bonchev–Trinajstić information content (AvgIpc) is 2.54. The third kappa shape index (κ3) is 4.98. The lowest BCUT2D eigenvalue weighted by molar-refractivity contribution is 0.0525. The van der Waals surface area contributed by atoms with Gasteiger partial charge in [-0.1, -0.05) is 47.5 Å². The lowest BCUT2D eigenvalue weighted by Gasteiger charge is -2.16. The zero-order valence-electron chi connectivity index (χ0n) is 13.4. The Morgan fingerprint density at radius 3 is 2.74 bits per heavy atom. The van der Waals surface area contributed by atoms with Crippen LogP contribution >= 0.6 is 11.6 Å². The molecule has 2 aromatic carbocycles. The second kappa shape index (κ2) is 7.99. The van der Waals surface area contributed by atoms with Crippen molar-refractivity contribution in [1.29, 1.82) is 0 Å². The van der Waals surface area contributed by atoms with Crippen molar-refractivity contribution in [1.82, 2.24) is 0 Å². The molecule has 1 amide bonds. The highest BCUT2D eigenvalue weighted by Crippen LogP contribution is 2.28. The molecule has 1 N–H and O–H groups in total. The smallest absolute Gasteiger partial charge is 0.411 e. The number of carbonyl (C=O) groups is 1. The van der Waals surface area contributed by atoms with Gasteiger partial charge in [-0.25, -0.2) is 4.79 Å². The number of benzene rings is 2. The van der Waals surface area contributed by atoms with Crippen LogP contribution < -0.4 is 5.32 Å². The van der Waals surface area contributed by atoms with E-state index in [0.29, 0.717) is 17.3 Å². The number of aryl methyl sites for hydroxylation is 1. The van der Waals surface area contributed by atoms with E-state index < -0.39 is 6.09 Å². The van der Waals surface area contributed by atoms with Crippen LogP contribution in [0.3, 0.4) is 0 Å². The summed E-state index contributed by atoms with van der Waals surface area (Å²) in [5.74, 6) is 0. The quantitative estimate of drug-likeness (QED) is 0.827. The predicted molar refractivity (Wildman–Crippen MR) is 91.9 cm³/mol. The molecule has 0 spiro atoms. The molecule has 0 bridgehead atoms. The molecule has 4 nitrogen and oxygen atoms in total. The zero-order chi connectivity index (χ0) is 16.8. The van der Waals surface area contributed by atoms with Gasteiger partial charge in [-0.15, -0.1) is 0 Å². The van der Waals surface area contributed by atoms with Gasteiger partial charge in [-0.05, 0) is 37.1 Å². The molecule has 0 aliphatic carbocycles. The molecule has 1 unspecified atom stereocenters. The Balaban J connectivity index is 2.05. The van der Waals surface area contributed by atoms with Crippen molar-refractivity contribution in [3.63, 3.8) is 0 Å². The molecular weight excluding hydrogens is 314 g/mol. The van der Waals surface area contributed by atoms with Crippen molar-refractivity contribution in [2.45, 2.75) is 26.6 Å². The maximum Gasteiger partial charge on any atom is 0.411 e. The summed E-state index contributed by atoms with van der Waals surface area (Å²) >= 11 is 6.08. The SMILES string of the molecule is COC(=O)Nc1cc(C(C)OCc2cccc(C)c2)ccc1Cl. The number of ether oxygens (including phenoxy) is 2. The monoisotopic (exact) mass is 333 g/mol. The first kappa shape index (κ1) is 17.3. The summed E-state index contributed by atoms with van der Waals surface area (Å²) < 4.78 is 10.5. The zero-order valence-corrected chi connectivity index (χ0v) is 14.2. The number of methoxy groups -OCH3 is 1. The summed E-state index contributed by atoms with van der Waals surface area (Å²) in [5, 5.41) is 3.04. The van der Waals surface area contributed by atoms with Crippen molar-refractivity contribution in [3.8, 4) is 0 Å². The molecule has 0 saturated carbocycles. The average molecular weight is 334 g/mol. The van der Waals surface area contributed by atoms with Gasteiger partial charge >= 0.3 is 6.09 Å². The van der Waals surface area contributed by atoms with Gasteiger partial charge < -0.3 is 9.47 Å². The number of halogens is 1. The highest BCUT2D eigenvalue weighted by Gasteiger charge is 2.11. The second-order valence-electron chi connectivity index (χ2n) is 5.30. The molecule has 2 rings (SSSR count). The predicted octanol–water partition coefficient (Wildman–Crippen LogP) is 5.10. The lowest BCUT2D eigenvalue weighted by atomic mass is 10.1. The molecule has 0 aliphatic heterocycles. The summed E-state index contributed by atoms with van der Waals surface area (Å²) in [5.41, 5.74) is 3.75. The Morgan fingerprint density at radius 1 is 1.26 bits per heavy atom. The van der Waals surface area contributed by atoms with Gasteiger partial charge in [-0.2, -0.15) is 0 Å². The number of hydrogen-bond acceptors (Lipinski definition) is 3. The van der Waals surface area contributed by atoms with E-state index in [9.17, 15) is 4.79 Å². The maximum absolute atomic E-state index is 11.3. The van der Waals surface area contributed by atoms with E-state index in [2.05, 4.69) is 29.1 Å². The van der Waals surface area contributed by atoms with Crippen LogP contribution in [0.5, 0.6) is 0 Å². The molecule has 0 saturated heterocycles. The van der Waals surface area contributed by atoms with Crippen molar-refractivity contribution in [3.05, 3.63) is 64.2 Å². The fourth-order valence-electron chi connectivity index (χ4n) is 2.17. The van der Waals surface area contributed by atoms with Gasteiger partial charge in [0.2, 0.25) is 0 Å². The molecule has 0 fully saturated rings. The van der Waals surface area contributed by atoms with Gasteiger partial charge in [-0.3, -0.25) is 5.32 Å². The molecule has 2 aromatic rings. The van der Waals surface area contributed by atoms with Gasteiger partial charge in [0.25, 0.3) is 0 Å². The summed E-state index contributed by atoms with van der Waals surface area (Å²) in [6.45, 7) is 4.53. The maximum atomic E-state index is 11.3. The minimum absolute atomic E-state index is 0.133. The van der Waals surface area contributed by atoms with Crippen molar-refractivity contribution >= 4 is 23.4 Å². The number of rotatable bonds is 5. The summed E-state index contributed by atoms with van der Waals surface area (Å²) in [6, 6.07) is 13.6. The topological polar surface area (TPSA) is 47.6 Å². The van der Waals surface area contributed by atoms with Crippen molar-refractivity contribution in [2.24, 2.45) is 0 Å². The number of amides is 1. The Morgan fingerprint density at radius 2 is 2.04 bits per heavy atom. The van der Waals surface area contributed by atoms with Crippen LogP contribution in [0.1, 0.15) is 29.7 Å². The first-order valence-electron chi connectivity index (χ1n) is 7.31. The summed E-state index contributed by atoms with van der Waals surface area (Å²) in [7, 11) is 1.31. The molecule has 122 valence electrons. The fourth-order valence-corrected chi connectivity index (χ4v) is 2.34. The minimum Gasteiger partial charge on any atom is -0.453 e. The van der Waals surface area contributed by atoms with Crippen molar-refractivity contribution in [2.75, 3.05) is 12.4 Å². The van der Waals surface area contributed by atoms with Gasteiger partial charge in [0.15, 0.2) is 0 Å². The Kier molecular flexibility index (Phi) is 6.02. The Bertz CT molecular complexity index is 688. The second-order valence-corrected chi connectivity index (χ2v) is 5.71. The number of anilines is 1. The highest BCUT2D eigenvalue weighted by atomic mass is 35.5. The van der Waals surface area contributed by atoms with E-state index in [1.54, 1.807) is 12.1 Å². The van der Waals surface area contributed by atoms with E-state index in [0.717, 1.165) is 11.1 Å². The van der Waals surface area contributed by atoms with Crippen molar-refractivity contribution < 1.29 is 14.3 Å². The molecule has 0 heterocycles. The number of carbonyl (C=O) groups excluding carboxylic acids is 1. The summed E-state index contributed by atoms with van der Waals surface area (Å²) in [6.07, 6.45) is -0.691. The fraction of sp³-hybridized carbons (Fsp3) is 0.278. The standard InChI is InChI=1S/C18H20ClNO3/c1-12-5-4-6-14(9-12)11-23-13(2)15-7-8-16(19)17(10-15)20-18(21)22-3/h4-10,13H,11H2,1-3H3,(H,20,21). The Labute approximate surface area is 141 Å².